The van der Waals surface area contributed by atoms with Gasteiger partial charge in [-0.1, -0.05) is 6.07 Å². The Morgan fingerprint density at radius 2 is 2.08 bits per heavy atom. The topological polar surface area (TPSA) is 46.2 Å². The first-order chi connectivity index (χ1) is 5.63. The second-order valence-electron chi connectivity index (χ2n) is 2.85. The van der Waals surface area contributed by atoms with Crippen molar-refractivity contribution >= 4 is 12.4 Å². The van der Waals surface area contributed by atoms with Crippen molar-refractivity contribution in [1.82, 2.24) is 0 Å². The number of aliphatic hydroxyl groups is 1. The van der Waals surface area contributed by atoms with Crippen LogP contribution >= 0.6 is 12.4 Å². The van der Waals surface area contributed by atoms with Gasteiger partial charge in [0.15, 0.2) is 0 Å². The van der Waals surface area contributed by atoms with Crippen molar-refractivity contribution < 1.29 is 9.50 Å². The van der Waals surface area contributed by atoms with Crippen LogP contribution in [0.25, 0.3) is 0 Å². The molecule has 0 aliphatic carbocycles. The monoisotopic (exact) mass is 205 g/mol. The van der Waals surface area contributed by atoms with Crippen LogP contribution in [0.1, 0.15) is 17.2 Å². The summed E-state index contributed by atoms with van der Waals surface area (Å²) in [5.74, 6) is -0.311. The summed E-state index contributed by atoms with van der Waals surface area (Å²) in [6.45, 7) is 1.62. The minimum Gasteiger partial charge on any atom is -0.394 e. The molecule has 2 nitrogen and oxygen atoms in total. The van der Waals surface area contributed by atoms with E-state index in [9.17, 15) is 4.39 Å². The van der Waals surface area contributed by atoms with Crippen LogP contribution in [0, 0.1) is 12.7 Å². The Hall–Kier alpha value is -0.640. The Bertz CT molecular complexity index is 260. The molecule has 0 unspecified atom stereocenters. The summed E-state index contributed by atoms with van der Waals surface area (Å²) in [6.07, 6.45) is 0. The summed E-state index contributed by atoms with van der Waals surface area (Å²) in [5.41, 5.74) is 6.96. The quantitative estimate of drug-likeness (QED) is 0.770. The van der Waals surface area contributed by atoms with E-state index < -0.39 is 6.04 Å². The predicted molar refractivity (Wildman–Crippen MR) is 52.4 cm³/mol. The molecular formula is C9H13ClFNO. The fraction of sp³-hybridized carbons (Fsp3) is 0.333. The van der Waals surface area contributed by atoms with Gasteiger partial charge in [-0.15, -0.1) is 12.4 Å². The molecule has 0 aliphatic rings. The van der Waals surface area contributed by atoms with Crippen LogP contribution in [-0.2, 0) is 0 Å². The van der Waals surface area contributed by atoms with Crippen molar-refractivity contribution in [3.8, 4) is 0 Å². The van der Waals surface area contributed by atoms with Crippen molar-refractivity contribution in [2.75, 3.05) is 6.61 Å². The largest absolute Gasteiger partial charge is 0.394 e. The van der Waals surface area contributed by atoms with E-state index in [-0.39, 0.29) is 24.8 Å². The molecule has 1 atom stereocenters. The summed E-state index contributed by atoms with van der Waals surface area (Å²) >= 11 is 0. The molecule has 0 saturated carbocycles. The van der Waals surface area contributed by atoms with Gasteiger partial charge >= 0.3 is 0 Å². The first-order valence-corrected chi connectivity index (χ1v) is 3.77. The van der Waals surface area contributed by atoms with Gasteiger partial charge < -0.3 is 10.8 Å². The molecule has 0 saturated heterocycles. The first kappa shape index (κ1) is 12.4. The fourth-order valence-electron chi connectivity index (χ4n) is 1.08. The van der Waals surface area contributed by atoms with Gasteiger partial charge in [0.1, 0.15) is 5.82 Å². The van der Waals surface area contributed by atoms with E-state index in [1.165, 1.54) is 12.1 Å². The first-order valence-electron chi connectivity index (χ1n) is 3.77. The van der Waals surface area contributed by atoms with Crippen molar-refractivity contribution in [2.24, 2.45) is 5.73 Å². The van der Waals surface area contributed by atoms with Crippen molar-refractivity contribution in [3.05, 3.63) is 35.1 Å². The van der Waals surface area contributed by atoms with E-state index in [4.69, 9.17) is 10.8 Å². The predicted octanol–water partition coefficient (Wildman–Crippen LogP) is 1.55. The van der Waals surface area contributed by atoms with Gasteiger partial charge in [-0.2, -0.15) is 0 Å². The number of rotatable bonds is 2. The smallest absolute Gasteiger partial charge is 0.123 e. The van der Waals surface area contributed by atoms with E-state index in [0.29, 0.717) is 5.56 Å². The average Bonchev–Trinajstić information content (AvgIpc) is 2.01. The third kappa shape index (κ3) is 3.30. The average molecular weight is 206 g/mol. The maximum Gasteiger partial charge on any atom is 0.123 e. The lowest BCUT2D eigenvalue weighted by Gasteiger charge is -2.08. The van der Waals surface area contributed by atoms with Crippen LogP contribution < -0.4 is 5.73 Å². The third-order valence-corrected chi connectivity index (χ3v) is 1.69. The molecule has 3 N–H and O–H groups in total. The van der Waals surface area contributed by atoms with E-state index in [0.717, 1.165) is 5.56 Å². The Morgan fingerprint density at radius 1 is 1.46 bits per heavy atom. The van der Waals surface area contributed by atoms with E-state index in [2.05, 4.69) is 0 Å². The van der Waals surface area contributed by atoms with Crippen molar-refractivity contribution in [3.63, 3.8) is 0 Å². The van der Waals surface area contributed by atoms with Crippen molar-refractivity contribution in [1.29, 1.82) is 0 Å². The minimum atomic E-state index is -0.487. The molecule has 0 radical (unpaired) electrons. The van der Waals surface area contributed by atoms with Crippen molar-refractivity contribution in [2.45, 2.75) is 13.0 Å². The lowest BCUT2D eigenvalue weighted by atomic mass is 10.1. The number of nitrogens with two attached hydrogens (primary N) is 1. The van der Waals surface area contributed by atoms with Crippen LogP contribution in [0.2, 0.25) is 0 Å². The molecule has 1 aromatic carbocycles. The lowest BCUT2D eigenvalue weighted by molar-refractivity contribution is 0.267. The number of hydrogen-bond donors (Lipinski definition) is 2. The van der Waals surface area contributed by atoms with Crippen LogP contribution in [0.5, 0.6) is 0 Å². The number of benzene rings is 1. The standard InChI is InChI=1S/C9H12FNO.ClH/c1-6-2-7(9(11)5-12)4-8(10)3-6;/h2-4,9,12H,5,11H2,1H3;1H/t9-;/m1./s1. The molecule has 74 valence electrons. The van der Waals surface area contributed by atoms with Gasteiger partial charge in [-0.25, -0.2) is 4.39 Å². The van der Waals surface area contributed by atoms with Gasteiger partial charge in [-0.05, 0) is 30.2 Å². The van der Waals surface area contributed by atoms with Crippen LogP contribution in [0.3, 0.4) is 0 Å². The molecule has 4 heteroatoms. The molecule has 0 aromatic heterocycles. The van der Waals surface area contributed by atoms with Crippen LogP contribution in [0.4, 0.5) is 4.39 Å². The van der Waals surface area contributed by atoms with Gasteiger partial charge in [0.05, 0.1) is 12.6 Å². The van der Waals surface area contributed by atoms with Gasteiger partial charge in [-0.3, -0.25) is 0 Å². The number of aryl methyl sites for hydroxylation is 1. The minimum absolute atomic E-state index is 0. The number of aliphatic hydroxyl groups excluding tert-OH is 1. The van der Waals surface area contributed by atoms with E-state index in [1.54, 1.807) is 13.0 Å². The summed E-state index contributed by atoms with van der Waals surface area (Å²) in [4.78, 5) is 0. The Morgan fingerprint density at radius 3 is 2.54 bits per heavy atom. The van der Waals surface area contributed by atoms with E-state index >= 15 is 0 Å². The molecule has 0 aliphatic heterocycles. The molecule has 13 heavy (non-hydrogen) atoms. The highest BCUT2D eigenvalue weighted by atomic mass is 35.5. The second-order valence-corrected chi connectivity index (χ2v) is 2.85. The zero-order valence-corrected chi connectivity index (χ0v) is 8.14. The maximum atomic E-state index is 12.8. The summed E-state index contributed by atoms with van der Waals surface area (Å²) < 4.78 is 12.8. The summed E-state index contributed by atoms with van der Waals surface area (Å²) in [7, 11) is 0. The Balaban J connectivity index is 0.00000144. The molecular weight excluding hydrogens is 193 g/mol. The van der Waals surface area contributed by atoms with Gasteiger partial charge in [0.2, 0.25) is 0 Å². The molecule has 0 bridgehead atoms. The maximum absolute atomic E-state index is 12.8. The summed E-state index contributed by atoms with van der Waals surface area (Å²) in [6, 6.07) is 4.05. The lowest BCUT2D eigenvalue weighted by Crippen LogP contribution is -2.14. The molecule has 0 fully saturated rings. The van der Waals surface area contributed by atoms with Crippen LogP contribution in [0.15, 0.2) is 18.2 Å². The zero-order chi connectivity index (χ0) is 9.14. The molecule has 0 amide bonds. The normalized spacial score (nSPS) is 12.0. The molecule has 0 spiro atoms. The summed E-state index contributed by atoms with van der Waals surface area (Å²) in [5, 5.41) is 8.72. The van der Waals surface area contributed by atoms with Gasteiger partial charge in [0.25, 0.3) is 0 Å². The van der Waals surface area contributed by atoms with Crippen LogP contribution in [-0.4, -0.2) is 11.7 Å². The highest BCUT2D eigenvalue weighted by Crippen LogP contribution is 2.13. The van der Waals surface area contributed by atoms with E-state index in [1.807, 2.05) is 0 Å². The third-order valence-electron chi connectivity index (χ3n) is 1.69. The number of halogens is 2. The zero-order valence-electron chi connectivity index (χ0n) is 7.33. The SMILES string of the molecule is Cc1cc(F)cc([C@H](N)CO)c1.Cl. The highest BCUT2D eigenvalue weighted by Gasteiger charge is 2.05. The Kier molecular flexibility index (Phi) is 4.91. The molecule has 1 aromatic rings. The highest BCUT2D eigenvalue weighted by molar-refractivity contribution is 5.85. The Labute approximate surface area is 83.0 Å². The van der Waals surface area contributed by atoms with Gasteiger partial charge in [0, 0.05) is 0 Å². The fourth-order valence-corrected chi connectivity index (χ4v) is 1.08. The number of hydrogen-bond acceptors (Lipinski definition) is 2. The molecule has 1 rings (SSSR count). The molecule has 0 heterocycles. The second kappa shape index (κ2) is 5.17.